The molecule has 13 nitrogen and oxygen atoms in total. The minimum atomic E-state index is -1.11. The van der Waals surface area contributed by atoms with Crippen LogP contribution >= 0.6 is 0 Å². The Balaban J connectivity index is 0.000000170. The highest BCUT2D eigenvalue weighted by molar-refractivity contribution is 6.01. The van der Waals surface area contributed by atoms with Crippen molar-refractivity contribution in [3.05, 3.63) is 48.3 Å². The first-order valence-corrected chi connectivity index (χ1v) is 17.7. The van der Waals surface area contributed by atoms with Gasteiger partial charge in [0.2, 0.25) is 5.91 Å². The number of carboxylic acid groups (broad SMARTS) is 1. The lowest BCUT2D eigenvalue weighted by molar-refractivity contribution is -0.150. The zero-order chi connectivity index (χ0) is 34.4. The maximum Gasteiger partial charge on any atom is 0.340 e. The molecule has 2 aliphatic carbocycles. The van der Waals surface area contributed by atoms with Crippen LogP contribution < -0.4 is 5.32 Å². The summed E-state index contributed by atoms with van der Waals surface area (Å²) in [6, 6.07) is 6.70. The van der Waals surface area contributed by atoms with Crippen molar-refractivity contribution in [1.29, 1.82) is 0 Å². The van der Waals surface area contributed by atoms with Gasteiger partial charge in [0, 0.05) is 38.0 Å². The topological polar surface area (TPSA) is 172 Å². The number of piperidine rings is 2. The quantitative estimate of drug-likeness (QED) is 0.406. The van der Waals surface area contributed by atoms with Gasteiger partial charge in [-0.3, -0.25) is 14.4 Å². The first kappa shape index (κ1) is 34.4. The Morgan fingerprint density at radius 2 is 1.27 bits per heavy atom. The number of aliphatic carboxylic acids is 1. The number of carboxylic acids is 1. The second kappa shape index (κ2) is 15.0. The molecule has 2 saturated carbocycles. The maximum absolute atomic E-state index is 12.6. The Kier molecular flexibility index (Phi) is 10.5. The Labute approximate surface area is 285 Å². The predicted molar refractivity (Wildman–Crippen MR) is 176 cm³/mol. The maximum atomic E-state index is 12.6. The summed E-state index contributed by atoms with van der Waals surface area (Å²) in [5.74, 6) is -0.381. The molecule has 1 spiro atoms. The number of nitrogens with one attached hydrogen (secondary N) is 1. The summed E-state index contributed by atoms with van der Waals surface area (Å²) in [4.78, 5) is 69.3. The van der Waals surface area contributed by atoms with E-state index in [4.69, 9.17) is 18.6 Å². The number of hydrogen-bond donors (Lipinski definition) is 2. The average molecular weight is 679 g/mol. The zero-order valence-electron chi connectivity index (χ0n) is 27.9. The van der Waals surface area contributed by atoms with Gasteiger partial charge in [-0.25, -0.2) is 14.6 Å². The van der Waals surface area contributed by atoms with Crippen LogP contribution in [0.1, 0.15) is 111 Å². The van der Waals surface area contributed by atoms with Crippen LogP contribution in [0.25, 0.3) is 0 Å². The summed E-state index contributed by atoms with van der Waals surface area (Å²) < 4.78 is 15.9. The number of aliphatic imine (C=N–C) groups is 1. The van der Waals surface area contributed by atoms with Crippen molar-refractivity contribution in [2.45, 2.75) is 101 Å². The van der Waals surface area contributed by atoms with Crippen molar-refractivity contribution in [3.63, 3.8) is 0 Å². The zero-order valence-corrected chi connectivity index (χ0v) is 27.9. The fraction of sp³-hybridized carbons (Fsp3) is 0.611. The molecule has 0 unspecified atom stereocenters. The molecule has 4 fully saturated rings. The predicted octanol–water partition coefficient (Wildman–Crippen LogP) is 4.83. The molecule has 13 heteroatoms. The van der Waals surface area contributed by atoms with Crippen LogP contribution in [-0.4, -0.2) is 87.7 Å². The van der Waals surface area contributed by atoms with Gasteiger partial charge in [-0.15, -0.1) is 0 Å². The Bertz CT molecular complexity index is 1500. The van der Waals surface area contributed by atoms with Crippen molar-refractivity contribution in [2.75, 3.05) is 26.2 Å². The van der Waals surface area contributed by atoms with E-state index in [0.717, 1.165) is 57.8 Å². The molecule has 0 bridgehead atoms. The number of carbonyl (C=O) groups is 5. The highest BCUT2D eigenvalue weighted by Crippen LogP contribution is 2.38. The SMILES string of the molecule is O=C(NC1(C(=O)O)CCCCC1)C1CCN(C(=O)c2ccco2)CC1.O=C(c1ccco1)N1CCC(C2=NC3(CCCCC3)C(=O)O2)CC1. The van der Waals surface area contributed by atoms with E-state index < -0.39 is 17.0 Å². The Hall–Kier alpha value is -4.42. The molecule has 2 saturated heterocycles. The molecule has 5 heterocycles. The van der Waals surface area contributed by atoms with Crippen LogP contribution in [0.2, 0.25) is 0 Å². The molecule has 7 rings (SSSR count). The molecule has 0 atom stereocenters. The van der Waals surface area contributed by atoms with Crippen molar-refractivity contribution >= 4 is 35.6 Å². The second-order valence-corrected chi connectivity index (χ2v) is 14.0. The van der Waals surface area contributed by atoms with Gasteiger partial charge < -0.3 is 33.8 Å². The number of ether oxygens (including phenoxy) is 1. The average Bonchev–Trinajstić information content (AvgIpc) is 3.93. The molecule has 49 heavy (non-hydrogen) atoms. The molecule has 2 N–H and O–H groups in total. The van der Waals surface area contributed by atoms with Crippen LogP contribution in [0.4, 0.5) is 0 Å². The monoisotopic (exact) mass is 678 g/mol. The van der Waals surface area contributed by atoms with E-state index >= 15 is 0 Å². The highest BCUT2D eigenvalue weighted by atomic mass is 16.6. The first-order chi connectivity index (χ1) is 23.7. The minimum Gasteiger partial charge on any atom is -0.480 e. The third-order valence-corrected chi connectivity index (χ3v) is 10.8. The van der Waals surface area contributed by atoms with Gasteiger partial charge in [0.05, 0.1) is 12.5 Å². The van der Waals surface area contributed by atoms with E-state index in [1.165, 1.54) is 18.9 Å². The molecular weight excluding hydrogens is 632 g/mol. The number of likely N-dealkylation sites (tertiary alicyclic amines) is 2. The number of hydrogen-bond acceptors (Lipinski definition) is 9. The van der Waals surface area contributed by atoms with Crippen molar-refractivity contribution in [3.8, 4) is 0 Å². The van der Waals surface area contributed by atoms with Crippen LogP contribution in [0.5, 0.6) is 0 Å². The number of furan rings is 2. The Morgan fingerprint density at radius 3 is 1.76 bits per heavy atom. The van der Waals surface area contributed by atoms with E-state index in [0.29, 0.717) is 69.3 Å². The van der Waals surface area contributed by atoms with Crippen molar-refractivity contribution < 1.29 is 42.7 Å². The van der Waals surface area contributed by atoms with Crippen LogP contribution in [0, 0.1) is 11.8 Å². The molecule has 2 aromatic heterocycles. The molecule has 0 radical (unpaired) electrons. The number of rotatable bonds is 6. The van der Waals surface area contributed by atoms with Gasteiger partial charge in [-0.2, -0.15) is 0 Å². The van der Waals surface area contributed by atoms with Gasteiger partial charge in [0.1, 0.15) is 5.54 Å². The summed E-state index contributed by atoms with van der Waals surface area (Å²) in [5, 5.41) is 12.4. The number of nitrogens with zero attached hydrogens (tertiary/aromatic N) is 3. The standard InChI is InChI=1S/C18H24N2O5.C18H22N2O4/c21-15(19-18(17(23)24)8-2-1-3-9-18)13-6-10-20(11-7-13)16(22)14-5-4-12-25-14;21-16(14-5-4-12-23-14)20-10-6-13(7-11-20)15-19-18(17(22)24-15)8-2-1-3-9-18/h4-5,12-13H,1-3,6-11H2,(H,19,21)(H,23,24);4-5,12-13H,1-3,6-11H2. The lowest BCUT2D eigenvalue weighted by Gasteiger charge is -2.37. The van der Waals surface area contributed by atoms with Crippen LogP contribution in [0.15, 0.2) is 50.6 Å². The van der Waals surface area contributed by atoms with Crippen molar-refractivity contribution in [1.82, 2.24) is 15.1 Å². The Morgan fingerprint density at radius 1 is 0.755 bits per heavy atom. The fourth-order valence-corrected chi connectivity index (χ4v) is 7.77. The largest absolute Gasteiger partial charge is 0.480 e. The van der Waals surface area contributed by atoms with Gasteiger partial charge in [-0.05, 0) is 75.6 Å². The lowest BCUT2D eigenvalue weighted by atomic mass is 9.81. The molecule has 0 aromatic carbocycles. The van der Waals surface area contributed by atoms with Crippen LogP contribution in [0.3, 0.4) is 0 Å². The van der Waals surface area contributed by atoms with E-state index in [1.807, 2.05) is 0 Å². The van der Waals surface area contributed by atoms with Crippen molar-refractivity contribution in [2.24, 2.45) is 16.8 Å². The van der Waals surface area contributed by atoms with E-state index in [9.17, 15) is 29.1 Å². The first-order valence-electron chi connectivity index (χ1n) is 17.7. The lowest BCUT2D eigenvalue weighted by Crippen LogP contribution is -2.57. The molecular formula is C36H46N4O9. The van der Waals surface area contributed by atoms with Gasteiger partial charge in [-0.1, -0.05) is 38.5 Å². The van der Waals surface area contributed by atoms with Gasteiger partial charge >= 0.3 is 11.9 Å². The molecule has 3 aliphatic heterocycles. The van der Waals surface area contributed by atoms with E-state index in [1.54, 1.807) is 34.1 Å². The third-order valence-electron chi connectivity index (χ3n) is 10.8. The van der Waals surface area contributed by atoms with Gasteiger partial charge in [0.25, 0.3) is 11.8 Å². The molecule has 5 aliphatic rings. The molecule has 264 valence electrons. The van der Waals surface area contributed by atoms with E-state index in [-0.39, 0.29) is 35.5 Å². The summed E-state index contributed by atoms with van der Waals surface area (Å²) in [6.45, 7) is 2.21. The molecule has 2 aromatic rings. The third kappa shape index (κ3) is 7.60. The summed E-state index contributed by atoms with van der Waals surface area (Å²) in [7, 11) is 0. The number of carbonyl (C=O) groups excluding carboxylic acids is 4. The summed E-state index contributed by atoms with van der Waals surface area (Å²) >= 11 is 0. The van der Waals surface area contributed by atoms with Gasteiger partial charge in [0.15, 0.2) is 23.0 Å². The number of cyclic esters (lactones) is 1. The highest BCUT2D eigenvalue weighted by Gasteiger charge is 2.48. The smallest absolute Gasteiger partial charge is 0.340 e. The molecule has 3 amide bonds. The fourth-order valence-electron chi connectivity index (χ4n) is 7.77. The number of esters is 1. The normalized spacial score (nSPS) is 22.4. The summed E-state index contributed by atoms with van der Waals surface area (Å²) in [6.07, 6.45) is 14.1. The minimum absolute atomic E-state index is 0.0763. The second-order valence-electron chi connectivity index (χ2n) is 14.0. The van der Waals surface area contributed by atoms with E-state index in [2.05, 4.69) is 5.32 Å². The number of amides is 3. The summed E-state index contributed by atoms with van der Waals surface area (Å²) in [5.41, 5.74) is -1.72. The van der Waals surface area contributed by atoms with Crippen LogP contribution in [-0.2, 0) is 19.1 Å².